The van der Waals surface area contributed by atoms with Crippen molar-refractivity contribution in [3.05, 3.63) is 16.0 Å². The van der Waals surface area contributed by atoms with Gasteiger partial charge in [-0.3, -0.25) is 4.79 Å². The monoisotopic (exact) mass is 680 g/mol. The molecule has 2 rings (SSSR count). The average Bonchev–Trinajstić information content (AvgIpc) is 3.48. The van der Waals surface area contributed by atoms with Gasteiger partial charge in [0.15, 0.2) is 0 Å². The summed E-state index contributed by atoms with van der Waals surface area (Å²) < 4.78 is 5.18. The molecule has 0 radical (unpaired) electrons. The number of unbranched alkanes of at least 4 members (excludes halogenated alkanes) is 14. The number of rotatable bonds is 18. The van der Waals surface area contributed by atoms with E-state index in [1.54, 1.807) is 0 Å². The molecule has 50 heavy (non-hydrogen) atoms. The predicted octanol–water partition coefficient (Wildman–Crippen LogP) is 7.37. The maximum absolute atomic E-state index is 13.0. The van der Waals surface area contributed by atoms with E-state index in [9.17, 15) is 9.59 Å². The number of carbonyl (C=O) groups excluding carboxylic acids is 2. The van der Waals surface area contributed by atoms with Crippen molar-refractivity contribution in [1.29, 1.82) is 0 Å². The molecule has 254 valence electrons. The third kappa shape index (κ3) is 19.5. The Morgan fingerprint density at radius 3 is 1.64 bits per heavy atom. The van der Waals surface area contributed by atoms with Gasteiger partial charge in [-0.05, 0) is 72.3 Å². The number of carbonyl (C=O) groups is 2. The van der Waals surface area contributed by atoms with E-state index in [1.165, 1.54) is 88.4 Å². The fourth-order valence-electron chi connectivity index (χ4n) is 5.08. The van der Waals surface area contributed by atoms with E-state index in [0.717, 1.165) is 36.2 Å². The van der Waals surface area contributed by atoms with Crippen LogP contribution in [0.2, 0.25) is 0 Å². The highest BCUT2D eigenvalue weighted by Crippen LogP contribution is 2.36. The van der Waals surface area contributed by atoms with E-state index in [4.69, 9.17) is 11.2 Å². The Morgan fingerprint density at radius 1 is 0.680 bits per heavy atom. The highest BCUT2D eigenvalue weighted by molar-refractivity contribution is 7.17. The highest BCUT2D eigenvalue weighted by Gasteiger charge is 2.27. The molecular formula is C44H44N2O3S. The first-order valence-corrected chi connectivity index (χ1v) is 18.3. The van der Waals surface area contributed by atoms with Crippen molar-refractivity contribution >= 4 is 28.2 Å². The molecule has 6 heteroatoms. The fourth-order valence-corrected chi connectivity index (χ4v) is 6.30. The average molecular weight is 681 g/mol. The number of terminal acetylenes is 1. The Morgan fingerprint density at radius 2 is 1.14 bits per heavy atom. The number of nitrogens with one attached hydrogen (secondary N) is 2. The normalized spacial score (nSPS) is 9.92. The number of anilines is 1. The molecule has 1 aliphatic heterocycles. The standard InChI is InChI=1S/C44H44N2O3S/c1-3-5-7-9-11-13-15-17-19-21-23-25-27-29-31-33-37-49-44(48)42-39-35-36-45-38-40(39)50-43(42)46-41(47)34-32-30-28-26-24-22-20-18-16-14-12-10-8-6-4-2/h1,45H,4,6,8,10,12,14,16,18,20,22,24,26,28,30,32,34-36,38H2,2H3,(H,46,47). The second-order valence-electron chi connectivity index (χ2n) is 11.4. The zero-order valence-corrected chi connectivity index (χ0v) is 30.0. The van der Waals surface area contributed by atoms with Crippen LogP contribution in [0.15, 0.2) is 0 Å². The van der Waals surface area contributed by atoms with Crippen LogP contribution in [0.4, 0.5) is 5.00 Å². The van der Waals surface area contributed by atoms with Crippen LogP contribution in [0.5, 0.6) is 0 Å². The van der Waals surface area contributed by atoms with Gasteiger partial charge >= 0.3 is 5.97 Å². The molecule has 1 aliphatic rings. The molecule has 2 heterocycles. The predicted molar refractivity (Wildman–Crippen MR) is 204 cm³/mol. The molecule has 1 amide bonds. The van der Waals surface area contributed by atoms with E-state index in [-0.39, 0.29) is 5.91 Å². The van der Waals surface area contributed by atoms with Gasteiger partial charge < -0.3 is 15.4 Å². The Bertz CT molecular complexity index is 1830. The SMILES string of the molecule is C#CC#CC#CC#CC#CC#CC#CC#CC#COC(=O)c1c(NC(=O)CCCCCCCCCCCCCCCCC)sc2c1CCNC2. The minimum Gasteiger partial charge on any atom is -0.367 e. The van der Waals surface area contributed by atoms with Crippen molar-refractivity contribution in [3.8, 4) is 107 Å². The van der Waals surface area contributed by atoms with Gasteiger partial charge in [-0.1, -0.05) is 96.8 Å². The quantitative estimate of drug-likeness (QED) is 0.0966. The fraction of sp³-hybridized carbons (Fsp3) is 0.455. The number of hydrogen-bond donors (Lipinski definition) is 2. The van der Waals surface area contributed by atoms with Gasteiger partial charge in [0.2, 0.25) is 5.91 Å². The number of ether oxygens (including phenoxy) is 1. The Labute approximate surface area is 304 Å². The summed E-state index contributed by atoms with van der Waals surface area (Å²) in [5.74, 6) is 38.6. The van der Waals surface area contributed by atoms with E-state index in [2.05, 4.69) is 118 Å². The number of fused-ring (bicyclic) bond motifs is 1. The summed E-state index contributed by atoms with van der Waals surface area (Å²) in [7, 11) is 0. The summed E-state index contributed by atoms with van der Waals surface area (Å²) in [5.41, 5.74) is 1.28. The lowest BCUT2D eigenvalue weighted by atomic mass is 10.0. The van der Waals surface area contributed by atoms with Crippen LogP contribution in [-0.4, -0.2) is 18.4 Å². The van der Waals surface area contributed by atoms with Gasteiger partial charge in [0.25, 0.3) is 0 Å². The highest BCUT2D eigenvalue weighted by atomic mass is 32.1. The van der Waals surface area contributed by atoms with E-state index < -0.39 is 5.97 Å². The van der Waals surface area contributed by atoms with Crippen molar-refractivity contribution < 1.29 is 14.3 Å². The molecule has 0 unspecified atom stereocenters. The molecule has 0 atom stereocenters. The van der Waals surface area contributed by atoms with Crippen molar-refractivity contribution in [1.82, 2.24) is 5.32 Å². The summed E-state index contributed by atoms with van der Waals surface area (Å²) in [4.78, 5) is 26.8. The van der Waals surface area contributed by atoms with Crippen molar-refractivity contribution in [2.75, 3.05) is 11.9 Å². The van der Waals surface area contributed by atoms with Gasteiger partial charge in [-0.25, -0.2) is 4.79 Å². The summed E-state index contributed by atoms with van der Waals surface area (Å²) in [6, 6.07) is 0. The molecule has 1 aromatic rings. The number of thiophene rings is 1. The number of esters is 1. The van der Waals surface area contributed by atoms with E-state index in [1.807, 2.05) is 0 Å². The molecule has 0 aliphatic carbocycles. The van der Waals surface area contributed by atoms with Crippen LogP contribution < -0.4 is 10.6 Å². The first kappa shape index (κ1) is 40.8. The van der Waals surface area contributed by atoms with Crippen LogP contribution >= 0.6 is 11.3 Å². The molecule has 0 fully saturated rings. The van der Waals surface area contributed by atoms with Crippen LogP contribution in [0.25, 0.3) is 0 Å². The van der Waals surface area contributed by atoms with Gasteiger partial charge in [-0.2, -0.15) is 0 Å². The molecular weight excluding hydrogens is 637 g/mol. The van der Waals surface area contributed by atoms with Crippen LogP contribution in [0.1, 0.15) is 130 Å². The lowest BCUT2D eigenvalue weighted by Gasteiger charge is -2.13. The topological polar surface area (TPSA) is 67.4 Å². The smallest absolute Gasteiger partial charge is 0.355 e. The first-order chi connectivity index (χ1) is 24.7. The largest absolute Gasteiger partial charge is 0.367 e. The van der Waals surface area contributed by atoms with Crippen molar-refractivity contribution in [2.24, 2.45) is 0 Å². The van der Waals surface area contributed by atoms with Crippen molar-refractivity contribution in [2.45, 2.75) is 123 Å². The lowest BCUT2D eigenvalue weighted by Crippen LogP contribution is -2.23. The van der Waals surface area contributed by atoms with E-state index in [0.29, 0.717) is 30.0 Å². The lowest BCUT2D eigenvalue weighted by molar-refractivity contribution is -0.116. The summed E-state index contributed by atoms with van der Waals surface area (Å²) in [6.45, 7) is 3.65. The summed E-state index contributed by atoms with van der Waals surface area (Å²) in [6.07, 6.45) is 27.5. The second-order valence-corrected chi connectivity index (χ2v) is 12.5. The van der Waals surface area contributed by atoms with Gasteiger partial charge in [-0.15, -0.1) is 17.8 Å². The Balaban J connectivity index is 1.73. The molecule has 0 saturated heterocycles. The number of amides is 1. The zero-order chi connectivity index (χ0) is 35.7. The first-order valence-electron chi connectivity index (χ1n) is 17.5. The molecule has 0 aromatic carbocycles. The Kier molecular flexibility index (Phi) is 23.4. The summed E-state index contributed by atoms with van der Waals surface area (Å²) in [5, 5.41) is 6.79. The van der Waals surface area contributed by atoms with Gasteiger partial charge in [0.1, 0.15) is 11.1 Å². The molecule has 2 N–H and O–H groups in total. The second kappa shape index (κ2) is 28.6. The minimum atomic E-state index is -0.605. The van der Waals surface area contributed by atoms with E-state index >= 15 is 0 Å². The molecule has 1 aromatic heterocycles. The molecule has 0 saturated carbocycles. The molecule has 0 bridgehead atoms. The van der Waals surface area contributed by atoms with Crippen LogP contribution in [-0.2, 0) is 22.5 Å². The molecule has 0 spiro atoms. The number of hydrogen-bond acceptors (Lipinski definition) is 5. The van der Waals surface area contributed by atoms with Crippen molar-refractivity contribution in [3.63, 3.8) is 0 Å². The third-order valence-corrected chi connectivity index (χ3v) is 8.68. The zero-order valence-electron chi connectivity index (χ0n) is 29.1. The van der Waals surface area contributed by atoms with Crippen LogP contribution in [0, 0.1) is 107 Å². The molecule has 5 nitrogen and oxygen atoms in total. The Hall–Kier alpha value is -5.36. The van der Waals surface area contributed by atoms with Gasteiger partial charge in [0.05, 0.1) is 5.56 Å². The van der Waals surface area contributed by atoms with Crippen LogP contribution in [0.3, 0.4) is 0 Å². The third-order valence-electron chi connectivity index (χ3n) is 7.53. The maximum atomic E-state index is 13.0. The maximum Gasteiger partial charge on any atom is 0.355 e. The minimum absolute atomic E-state index is 0.0884. The summed E-state index contributed by atoms with van der Waals surface area (Å²) >= 11 is 1.41. The van der Waals surface area contributed by atoms with Gasteiger partial charge in [0, 0.05) is 65.2 Å².